The molecule has 0 aliphatic carbocycles. The van der Waals surface area contributed by atoms with E-state index in [9.17, 15) is 0 Å². The van der Waals surface area contributed by atoms with Crippen LogP contribution < -0.4 is 0 Å². The SMILES string of the molecule is CC(C)c1ccccc1-c1ccccc1C(c1ccccc1)(c1ccccc1)c1ccccc1. The van der Waals surface area contributed by atoms with E-state index in [0.717, 1.165) is 0 Å². The molecule has 0 aliphatic heterocycles. The first-order valence-electron chi connectivity index (χ1n) is 12.1. The summed E-state index contributed by atoms with van der Waals surface area (Å²) in [5, 5.41) is 0. The van der Waals surface area contributed by atoms with E-state index in [1.165, 1.54) is 38.9 Å². The van der Waals surface area contributed by atoms with Gasteiger partial charge >= 0.3 is 0 Å². The molecular formula is C34H30. The first-order chi connectivity index (χ1) is 16.7. The van der Waals surface area contributed by atoms with Gasteiger partial charge in [0.15, 0.2) is 0 Å². The third kappa shape index (κ3) is 3.76. The van der Waals surface area contributed by atoms with Gasteiger partial charge in [0.1, 0.15) is 0 Å². The molecule has 0 N–H and O–H groups in total. The lowest BCUT2D eigenvalue weighted by Crippen LogP contribution is -2.31. The lowest BCUT2D eigenvalue weighted by Gasteiger charge is -2.38. The van der Waals surface area contributed by atoms with Crippen LogP contribution in [-0.2, 0) is 5.41 Å². The molecule has 0 saturated carbocycles. The average molecular weight is 439 g/mol. The molecule has 5 rings (SSSR count). The molecule has 0 saturated heterocycles. The van der Waals surface area contributed by atoms with E-state index in [4.69, 9.17) is 0 Å². The molecule has 0 bridgehead atoms. The quantitative estimate of drug-likeness (QED) is 0.232. The summed E-state index contributed by atoms with van der Waals surface area (Å²) in [5.74, 6) is 0.434. The van der Waals surface area contributed by atoms with Crippen molar-refractivity contribution in [3.63, 3.8) is 0 Å². The second kappa shape index (κ2) is 9.53. The van der Waals surface area contributed by atoms with Gasteiger partial charge in [-0.05, 0) is 44.9 Å². The lowest BCUT2D eigenvalue weighted by molar-refractivity contribution is 0.746. The van der Waals surface area contributed by atoms with Gasteiger partial charge in [-0.25, -0.2) is 0 Å². The van der Waals surface area contributed by atoms with Crippen molar-refractivity contribution in [1.29, 1.82) is 0 Å². The molecular weight excluding hydrogens is 408 g/mol. The Morgan fingerprint density at radius 1 is 0.412 bits per heavy atom. The topological polar surface area (TPSA) is 0 Å². The summed E-state index contributed by atoms with van der Waals surface area (Å²) in [5.41, 5.74) is 8.60. The summed E-state index contributed by atoms with van der Waals surface area (Å²) in [4.78, 5) is 0. The molecule has 0 aliphatic rings. The van der Waals surface area contributed by atoms with E-state index in [1.54, 1.807) is 0 Å². The molecule has 0 heterocycles. The van der Waals surface area contributed by atoms with E-state index in [2.05, 4.69) is 153 Å². The Bertz CT molecular complexity index is 1250. The largest absolute Gasteiger partial charge is 0.0707 e. The van der Waals surface area contributed by atoms with Crippen molar-refractivity contribution in [2.45, 2.75) is 25.2 Å². The molecule has 0 fully saturated rings. The third-order valence-corrected chi connectivity index (χ3v) is 6.82. The number of hydrogen-bond donors (Lipinski definition) is 0. The average Bonchev–Trinajstić information content (AvgIpc) is 2.91. The van der Waals surface area contributed by atoms with Gasteiger partial charge in [0, 0.05) is 0 Å². The van der Waals surface area contributed by atoms with E-state index >= 15 is 0 Å². The van der Waals surface area contributed by atoms with Gasteiger partial charge in [0.05, 0.1) is 5.41 Å². The zero-order chi connectivity index (χ0) is 23.4. The molecule has 5 aromatic carbocycles. The monoisotopic (exact) mass is 438 g/mol. The van der Waals surface area contributed by atoms with Crippen LogP contribution in [0.1, 0.15) is 47.6 Å². The molecule has 0 amide bonds. The van der Waals surface area contributed by atoms with Crippen LogP contribution in [0, 0.1) is 0 Å². The van der Waals surface area contributed by atoms with Crippen LogP contribution in [-0.4, -0.2) is 0 Å². The Balaban J connectivity index is 1.94. The van der Waals surface area contributed by atoms with E-state index < -0.39 is 5.41 Å². The summed E-state index contributed by atoms with van der Waals surface area (Å²) >= 11 is 0. The van der Waals surface area contributed by atoms with Crippen molar-refractivity contribution in [3.8, 4) is 11.1 Å². The summed E-state index contributed by atoms with van der Waals surface area (Å²) in [6, 6.07) is 50.7. The number of benzene rings is 5. The summed E-state index contributed by atoms with van der Waals surface area (Å²) in [6.07, 6.45) is 0. The van der Waals surface area contributed by atoms with Crippen LogP contribution in [0.5, 0.6) is 0 Å². The predicted molar refractivity (Wildman–Crippen MR) is 144 cm³/mol. The van der Waals surface area contributed by atoms with Gasteiger partial charge in [-0.3, -0.25) is 0 Å². The van der Waals surface area contributed by atoms with Gasteiger partial charge in [-0.2, -0.15) is 0 Å². The maximum absolute atomic E-state index is 2.32. The fourth-order valence-corrected chi connectivity index (χ4v) is 5.32. The van der Waals surface area contributed by atoms with E-state index in [1.807, 2.05) is 0 Å². The Labute approximate surface area is 203 Å². The third-order valence-electron chi connectivity index (χ3n) is 6.82. The maximum atomic E-state index is 2.32. The maximum Gasteiger partial charge on any atom is 0.0707 e. The molecule has 0 unspecified atom stereocenters. The van der Waals surface area contributed by atoms with E-state index in [-0.39, 0.29) is 0 Å². The first-order valence-corrected chi connectivity index (χ1v) is 12.1. The zero-order valence-corrected chi connectivity index (χ0v) is 19.9. The normalized spacial score (nSPS) is 11.5. The predicted octanol–water partition coefficient (Wildman–Crippen LogP) is 8.86. The second-order valence-corrected chi connectivity index (χ2v) is 9.14. The van der Waals surface area contributed by atoms with Crippen LogP contribution in [0.25, 0.3) is 11.1 Å². The van der Waals surface area contributed by atoms with Gasteiger partial charge in [-0.1, -0.05) is 153 Å². The van der Waals surface area contributed by atoms with Gasteiger partial charge in [0.2, 0.25) is 0 Å². The van der Waals surface area contributed by atoms with Crippen LogP contribution in [0.3, 0.4) is 0 Å². The highest BCUT2D eigenvalue weighted by atomic mass is 14.4. The second-order valence-electron chi connectivity index (χ2n) is 9.14. The fraction of sp³-hybridized carbons (Fsp3) is 0.118. The lowest BCUT2D eigenvalue weighted by atomic mass is 9.63. The van der Waals surface area contributed by atoms with Crippen molar-refractivity contribution in [3.05, 3.63) is 167 Å². The Morgan fingerprint density at radius 2 is 0.794 bits per heavy atom. The number of hydrogen-bond acceptors (Lipinski definition) is 0. The van der Waals surface area contributed by atoms with Crippen molar-refractivity contribution >= 4 is 0 Å². The molecule has 5 aromatic rings. The van der Waals surface area contributed by atoms with Crippen LogP contribution in [0.4, 0.5) is 0 Å². The molecule has 166 valence electrons. The highest BCUT2D eigenvalue weighted by Gasteiger charge is 2.40. The molecule has 0 radical (unpaired) electrons. The van der Waals surface area contributed by atoms with Crippen LogP contribution in [0.2, 0.25) is 0 Å². The van der Waals surface area contributed by atoms with E-state index in [0.29, 0.717) is 5.92 Å². The molecule has 34 heavy (non-hydrogen) atoms. The Kier molecular flexibility index (Phi) is 6.14. The Morgan fingerprint density at radius 3 is 1.26 bits per heavy atom. The van der Waals surface area contributed by atoms with Crippen LogP contribution in [0.15, 0.2) is 140 Å². The van der Waals surface area contributed by atoms with Crippen molar-refractivity contribution in [2.24, 2.45) is 0 Å². The molecule has 0 atom stereocenters. The summed E-state index contributed by atoms with van der Waals surface area (Å²) < 4.78 is 0. The highest BCUT2D eigenvalue weighted by Crippen LogP contribution is 2.48. The fourth-order valence-electron chi connectivity index (χ4n) is 5.32. The minimum absolute atomic E-state index is 0.434. The smallest absolute Gasteiger partial charge is 0.0622 e. The summed E-state index contributed by atoms with van der Waals surface area (Å²) in [6.45, 7) is 4.56. The standard InChI is InChI=1S/C34H30/c1-26(2)30-22-12-13-23-31(30)32-24-14-15-25-33(32)34(27-16-6-3-7-17-27,28-18-8-4-9-19-28)29-20-10-5-11-21-29/h3-26H,1-2H3. The minimum atomic E-state index is -0.454. The van der Waals surface area contributed by atoms with Gasteiger partial charge in [-0.15, -0.1) is 0 Å². The van der Waals surface area contributed by atoms with Gasteiger partial charge < -0.3 is 0 Å². The zero-order valence-electron chi connectivity index (χ0n) is 19.9. The molecule has 0 spiro atoms. The highest BCUT2D eigenvalue weighted by molar-refractivity contribution is 5.77. The van der Waals surface area contributed by atoms with Crippen molar-refractivity contribution < 1.29 is 0 Å². The minimum Gasteiger partial charge on any atom is -0.0622 e. The van der Waals surface area contributed by atoms with Crippen LogP contribution >= 0.6 is 0 Å². The number of rotatable bonds is 6. The first kappa shape index (κ1) is 21.9. The summed E-state index contributed by atoms with van der Waals surface area (Å²) in [7, 11) is 0. The molecule has 0 nitrogen and oxygen atoms in total. The molecule has 0 heteroatoms. The van der Waals surface area contributed by atoms with Crippen molar-refractivity contribution in [2.75, 3.05) is 0 Å². The van der Waals surface area contributed by atoms with Crippen molar-refractivity contribution in [1.82, 2.24) is 0 Å². The van der Waals surface area contributed by atoms with Gasteiger partial charge in [0.25, 0.3) is 0 Å². The molecule has 0 aromatic heterocycles. The Hall–Kier alpha value is -3.90.